The number of carbonyl (C=O) groups excluding carboxylic acids is 2. The molecule has 2 atom stereocenters. The smallest absolute Gasteiger partial charge is 0.270 e. The molecule has 0 radical (unpaired) electrons. The number of piperidine rings is 1. The number of imidazole rings is 1. The summed E-state index contributed by atoms with van der Waals surface area (Å²) in [5.41, 5.74) is 3.29. The van der Waals surface area contributed by atoms with Crippen molar-refractivity contribution in [3.05, 3.63) is 41.6 Å². The second-order valence-corrected chi connectivity index (χ2v) is 11.0. The molecule has 1 aliphatic carbocycles. The third kappa shape index (κ3) is 5.80. The van der Waals surface area contributed by atoms with Crippen molar-refractivity contribution in [2.24, 2.45) is 11.8 Å². The lowest BCUT2D eigenvalue weighted by molar-refractivity contribution is -0.126. The van der Waals surface area contributed by atoms with Crippen LogP contribution in [0.15, 0.2) is 24.5 Å². The minimum Gasteiger partial charge on any atom is -0.373 e. The number of alkyl halides is 2. The topological polar surface area (TPSA) is 109 Å². The first kappa shape index (κ1) is 28.0. The number of hydrogen-bond acceptors (Lipinski definition) is 6. The molecule has 2 N–H and O–H groups in total. The quantitative estimate of drug-likeness (QED) is 0.415. The molecule has 2 amide bonds. The van der Waals surface area contributed by atoms with Crippen LogP contribution in [0.1, 0.15) is 80.3 Å². The number of aryl methyl sites for hydroxylation is 1. The first-order valence-corrected chi connectivity index (χ1v) is 14.3. The second kappa shape index (κ2) is 11.5. The van der Waals surface area contributed by atoms with Gasteiger partial charge in [-0.2, -0.15) is 10.2 Å². The van der Waals surface area contributed by atoms with Gasteiger partial charge in [0.15, 0.2) is 5.65 Å². The van der Waals surface area contributed by atoms with E-state index in [1.807, 2.05) is 27.0 Å². The van der Waals surface area contributed by atoms with Crippen LogP contribution in [-0.4, -0.2) is 62.3 Å². The van der Waals surface area contributed by atoms with Gasteiger partial charge in [-0.15, -0.1) is 0 Å². The highest BCUT2D eigenvalue weighted by Crippen LogP contribution is 2.41. The van der Waals surface area contributed by atoms with Gasteiger partial charge in [0.2, 0.25) is 11.8 Å². The number of halogens is 2. The molecule has 12 heteroatoms. The minimum atomic E-state index is -2.69. The van der Waals surface area contributed by atoms with Crippen molar-refractivity contribution in [2.45, 2.75) is 77.3 Å². The lowest BCUT2D eigenvalue weighted by atomic mass is 9.81. The Bertz CT molecular complexity index is 1360. The average molecular weight is 557 g/mol. The van der Waals surface area contributed by atoms with Crippen LogP contribution < -0.4 is 15.5 Å². The van der Waals surface area contributed by atoms with Gasteiger partial charge in [0, 0.05) is 64.1 Å². The van der Waals surface area contributed by atoms with E-state index in [9.17, 15) is 18.4 Å². The molecule has 1 aliphatic heterocycles. The van der Waals surface area contributed by atoms with E-state index in [1.54, 1.807) is 27.7 Å². The highest BCUT2D eigenvalue weighted by Gasteiger charge is 2.39. The fourth-order valence-electron chi connectivity index (χ4n) is 5.85. The second-order valence-electron chi connectivity index (χ2n) is 11.0. The zero-order valence-corrected chi connectivity index (χ0v) is 23.4. The molecule has 40 heavy (non-hydrogen) atoms. The van der Waals surface area contributed by atoms with Crippen LogP contribution >= 0.6 is 0 Å². The first-order chi connectivity index (χ1) is 19.2. The summed E-state index contributed by atoms with van der Waals surface area (Å²) in [5.74, 6) is -3.30. The summed E-state index contributed by atoms with van der Waals surface area (Å²) in [6.07, 6.45) is 5.72. The van der Waals surface area contributed by atoms with E-state index in [2.05, 4.69) is 20.6 Å². The molecule has 0 spiro atoms. The molecule has 0 aromatic carbocycles. The molecule has 3 aromatic rings. The monoisotopic (exact) mass is 556 g/mol. The Kier molecular flexibility index (Phi) is 8.04. The highest BCUT2D eigenvalue weighted by atomic mass is 19.3. The maximum absolute atomic E-state index is 14.1. The third-order valence-corrected chi connectivity index (χ3v) is 8.33. The molecule has 0 bridgehead atoms. The molecule has 3 aromatic heterocycles. The number of fused-ring (bicyclic) bond motifs is 1. The van der Waals surface area contributed by atoms with Crippen molar-refractivity contribution < 1.29 is 18.4 Å². The lowest BCUT2D eigenvalue weighted by Gasteiger charge is -2.33. The minimum absolute atomic E-state index is 0.0489. The number of aromatic nitrogens is 5. The zero-order chi connectivity index (χ0) is 28.4. The van der Waals surface area contributed by atoms with E-state index in [0.717, 1.165) is 30.8 Å². The average Bonchev–Trinajstić information content (AvgIpc) is 3.59. The van der Waals surface area contributed by atoms with Crippen molar-refractivity contribution in [2.75, 3.05) is 25.0 Å². The van der Waals surface area contributed by atoms with Gasteiger partial charge in [-0.25, -0.2) is 18.3 Å². The van der Waals surface area contributed by atoms with E-state index in [1.165, 1.54) is 0 Å². The van der Waals surface area contributed by atoms with Gasteiger partial charge < -0.3 is 15.5 Å². The summed E-state index contributed by atoms with van der Waals surface area (Å²) in [6, 6.07) is 3.04. The molecule has 2 unspecified atom stereocenters. The number of carbonyl (C=O) groups is 2. The van der Waals surface area contributed by atoms with Crippen molar-refractivity contribution >= 4 is 23.1 Å². The fourth-order valence-corrected chi connectivity index (χ4v) is 5.85. The summed E-state index contributed by atoms with van der Waals surface area (Å²) in [4.78, 5) is 32.8. The third-order valence-electron chi connectivity index (χ3n) is 8.33. The molecule has 10 nitrogen and oxygen atoms in total. The number of nitrogens with one attached hydrogen (secondary N) is 2. The largest absolute Gasteiger partial charge is 0.373 e. The van der Waals surface area contributed by atoms with Gasteiger partial charge in [0.05, 0.1) is 29.3 Å². The van der Waals surface area contributed by atoms with Gasteiger partial charge in [0.1, 0.15) is 5.69 Å². The van der Waals surface area contributed by atoms with Crippen LogP contribution in [0.3, 0.4) is 0 Å². The Morgan fingerprint density at radius 2 is 2.05 bits per heavy atom. The van der Waals surface area contributed by atoms with E-state index in [4.69, 9.17) is 10.1 Å². The Labute approximate surface area is 232 Å². The molecule has 1 saturated heterocycles. The predicted molar refractivity (Wildman–Crippen MR) is 146 cm³/mol. The fraction of sp³-hybridized carbons (Fsp3) is 0.607. The summed E-state index contributed by atoms with van der Waals surface area (Å²) in [5, 5.41) is 15.1. The summed E-state index contributed by atoms with van der Waals surface area (Å²) in [6.45, 7) is 5.92. The number of rotatable bonds is 9. The van der Waals surface area contributed by atoms with Gasteiger partial charge in [0.25, 0.3) is 5.91 Å². The van der Waals surface area contributed by atoms with E-state index < -0.39 is 12.0 Å². The molecule has 216 valence electrons. The Hall–Kier alpha value is -3.57. The SMILES string of the molecule is CCN(C)c1cc2nc(C(NC(=O)c3ccnn3CC)C3CCC(F)(F)CC3)cn2nc1CC1CCCNC1=O. The summed E-state index contributed by atoms with van der Waals surface area (Å²) < 4.78 is 31.4. The zero-order valence-electron chi connectivity index (χ0n) is 23.4. The van der Waals surface area contributed by atoms with E-state index in [0.29, 0.717) is 36.5 Å². The Morgan fingerprint density at radius 1 is 1.27 bits per heavy atom. The molecular formula is C28H38F2N8O2. The number of nitrogens with zero attached hydrogens (tertiary/aromatic N) is 6. The number of anilines is 1. The van der Waals surface area contributed by atoms with Crippen LogP contribution in [-0.2, 0) is 17.8 Å². The van der Waals surface area contributed by atoms with Crippen LogP contribution in [0.2, 0.25) is 0 Å². The highest BCUT2D eigenvalue weighted by molar-refractivity contribution is 5.92. The van der Waals surface area contributed by atoms with Gasteiger partial charge >= 0.3 is 0 Å². The van der Waals surface area contributed by atoms with Crippen molar-refractivity contribution in [1.29, 1.82) is 0 Å². The molecule has 4 heterocycles. The summed E-state index contributed by atoms with van der Waals surface area (Å²) in [7, 11) is 1.98. The van der Waals surface area contributed by atoms with Gasteiger partial charge in [-0.1, -0.05) is 0 Å². The Balaban J connectivity index is 1.50. The van der Waals surface area contributed by atoms with Crippen LogP contribution in [0.4, 0.5) is 14.5 Å². The van der Waals surface area contributed by atoms with Crippen molar-refractivity contribution in [3.8, 4) is 0 Å². The maximum atomic E-state index is 14.1. The normalized spacial score (nSPS) is 20.3. The lowest BCUT2D eigenvalue weighted by Crippen LogP contribution is -2.38. The van der Waals surface area contributed by atoms with Crippen molar-refractivity contribution in [3.63, 3.8) is 0 Å². The molecular weight excluding hydrogens is 518 g/mol. The number of hydrogen-bond donors (Lipinski definition) is 2. The molecule has 2 aliphatic rings. The van der Waals surface area contributed by atoms with E-state index in [-0.39, 0.29) is 49.3 Å². The summed E-state index contributed by atoms with van der Waals surface area (Å²) >= 11 is 0. The van der Waals surface area contributed by atoms with Crippen LogP contribution in [0.25, 0.3) is 5.65 Å². The van der Waals surface area contributed by atoms with Gasteiger partial charge in [-0.05, 0) is 51.5 Å². The first-order valence-electron chi connectivity index (χ1n) is 14.3. The predicted octanol–water partition coefficient (Wildman–Crippen LogP) is 3.77. The molecule has 5 rings (SSSR count). The maximum Gasteiger partial charge on any atom is 0.270 e. The van der Waals surface area contributed by atoms with Crippen LogP contribution in [0, 0.1) is 11.8 Å². The molecule has 1 saturated carbocycles. The van der Waals surface area contributed by atoms with Gasteiger partial charge in [-0.3, -0.25) is 14.3 Å². The van der Waals surface area contributed by atoms with Crippen molar-refractivity contribution in [1.82, 2.24) is 35.0 Å². The van der Waals surface area contributed by atoms with E-state index >= 15 is 0 Å². The molecule has 2 fully saturated rings. The Morgan fingerprint density at radius 3 is 2.75 bits per heavy atom. The van der Waals surface area contributed by atoms with Crippen LogP contribution in [0.5, 0.6) is 0 Å². The standard InChI is InChI=1S/C28H38F2N8O2/c1-4-36(3)23-16-24-33-21(17-38(24)35-20(23)15-19-7-6-13-31-26(19)39)25(18-8-11-28(29,30)12-9-18)34-27(40)22-10-14-32-37(22)5-2/h10,14,16-19,25H,4-9,11-13,15H2,1-3H3,(H,31,39)(H,34,40). The number of amides is 2.